The van der Waals surface area contributed by atoms with E-state index in [1.54, 1.807) is 12.3 Å². The molecule has 0 spiro atoms. The third kappa shape index (κ3) is 1.90. The molecule has 2 nitrogen and oxygen atoms in total. The van der Waals surface area contributed by atoms with Crippen molar-refractivity contribution < 1.29 is 4.79 Å². The summed E-state index contributed by atoms with van der Waals surface area (Å²) in [6.07, 6.45) is 3.23. The molecule has 78 valence electrons. The lowest BCUT2D eigenvalue weighted by atomic mass is 10.1. The Morgan fingerprint density at radius 3 is 3.00 bits per heavy atom. The molecular formula is C12H12ClNO. The summed E-state index contributed by atoms with van der Waals surface area (Å²) in [7, 11) is 0. The van der Waals surface area contributed by atoms with Crippen molar-refractivity contribution in [1.29, 1.82) is 0 Å². The van der Waals surface area contributed by atoms with Crippen LogP contribution < -0.4 is 0 Å². The number of hydrogen-bond donors (Lipinski definition) is 1. The van der Waals surface area contributed by atoms with Gasteiger partial charge in [-0.3, -0.25) is 4.79 Å². The SMILES string of the molecule is CCCC(=O)c1c[nH]c2cc(Cl)ccc12. The van der Waals surface area contributed by atoms with Crippen LogP contribution >= 0.6 is 11.6 Å². The minimum Gasteiger partial charge on any atom is -0.360 e. The number of halogens is 1. The molecule has 0 unspecified atom stereocenters. The smallest absolute Gasteiger partial charge is 0.165 e. The van der Waals surface area contributed by atoms with Crippen molar-refractivity contribution in [2.75, 3.05) is 0 Å². The molecule has 0 aliphatic heterocycles. The van der Waals surface area contributed by atoms with Crippen LogP contribution in [0.5, 0.6) is 0 Å². The Morgan fingerprint density at radius 2 is 2.27 bits per heavy atom. The minimum absolute atomic E-state index is 0.186. The number of H-pyrrole nitrogens is 1. The van der Waals surface area contributed by atoms with Crippen LogP contribution in [0.25, 0.3) is 10.9 Å². The van der Waals surface area contributed by atoms with Gasteiger partial charge in [0.05, 0.1) is 0 Å². The second-order valence-electron chi connectivity index (χ2n) is 3.57. The first-order valence-corrected chi connectivity index (χ1v) is 5.40. The van der Waals surface area contributed by atoms with Crippen molar-refractivity contribution in [3.63, 3.8) is 0 Å². The summed E-state index contributed by atoms with van der Waals surface area (Å²) in [4.78, 5) is 14.8. The predicted molar refractivity (Wildman–Crippen MR) is 62.5 cm³/mol. The molecule has 0 fully saturated rings. The number of fused-ring (bicyclic) bond motifs is 1. The Hall–Kier alpha value is -1.28. The largest absolute Gasteiger partial charge is 0.360 e. The van der Waals surface area contributed by atoms with Gasteiger partial charge in [0.1, 0.15) is 0 Å². The molecule has 1 heterocycles. The molecule has 0 saturated carbocycles. The zero-order chi connectivity index (χ0) is 10.8. The summed E-state index contributed by atoms with van der Waals surface area (Å²) >= 11 is 5.86. The minimum atomic E-state index is 0.186. The van der Waals surface area contributed by atoms with E-state index < -0.39 is 0 Å². The number of aromatic nitrogens is 1. The summed E-state index contributed by atoms with van der Waals surface area (Å²) in [5.74, 6) is 0.186. The van der Waals surface area contributed by atoms with Crippen LogP contribution in [-0.4, -0.2) is 10.8 Å². The standard InChI is InChI=1S/C12H12ClNO/c1-2-3-12(15)10-7-14-11-6-8(13)4-5-9(10)11/h4-7,14H,2-3H2,1H3. The third-order valence-corrected chi connectivity index (χ3v) is 2.66. The highest BCUT2D eigenvalue weighted by Crippen LogP contribution is 2.23. The Labute approximate surface area is 93.2 Å². The van der Waals surface area contributed by atoms with Gasteiger partial charge in [0.25, 0.3) is 0 Å². The molecule has 1 aromatic carbocycles. The van der Waals surface area contributed by atoms with Gasteiger partial charge in [-0.15, -0.1) is 0 Å². The van der Waals surface area contributed by atoms with E-state index in [0.29, 0.717) is 11.4 Å². The Kier molecular flexibility index (Phi) is 2.78. The maximum absolute atomic E-state index is 11.8. The van der Waals surface area contributed by atoms with Gasteiger partial charge in [-0.1, -0.05) is 24.6 Å². The van der Waals surface area contributed by atoms with Gasteiger partial charge in [0, 0.05) is 34.1 Å². The van der Waals surface area contributed by atoms with Crippen molar-refractivity contribution in [3.8, 4) is 0 Å². The lowest BCUT2D eigenvalue weighted by Gasteiger charge is -1.96. The molecule has 0 saturated heterocycles. The fourth-order valence-electron chi connectivity index (χ4n) is 1.69. The Bertz CT molecular complexity index is 501. The molecule has 1 aromatic heterocycles. The van der Waals surface area contributed by atoms with Crippen molar-refractivity contribution in [2.24, 2.45) is 0 Å². The van der Waals surface area contributed by atoms with Gasteiger partial charge in [-0.25, -0.2) is 0 Å². The van der Waals surface area contributed by atoms with Crippen LogP contribution in [0.3, 0.4) is 0 Å². The van der Waals surface area contributed by atoms with Crippen molar-refractivity contribution in [2.45, 2.75) is 19.8 Å². The number of ketones is 1. The van der Waals surface area contributed by atoms with Crippen LogP contribution in [0, 0.1) is 0 Å². The summed E-state index contributed by atoms with van der Waals surface area (Å²) in [5, 5.41) is 1.64. The molecule has 0 radical (unpaired) electrons. The molecule has 0 atom stereocenters. The third-order valence-electron chi connectivity index (χ3n) is 2.42. The van der Waals surface area contributed by atoms with Gasteiger partial charge < -0.3 is 4.98 Å². The van der Waals surface area contributed by atoms with E-state index in [1.807, 2.05) is 19.1 Å². The van der Waals surface area contributed by atoms with E-state index in [2.05, 4.69) is 4.98 Å². The normalized spacial score (nSPS) is 10.8. The highest BCUT2D eigenvalue weighted by molar-refractivity contribution is 6.31. The molecule has 0 aliphatic rings. The van der Waals surface area contributed by atoms with Crippen LogP contribution in [-0.2, 0) is 0 Å². The topological polar surface area (TPSA) is 32.9 Å². The van der Waals surface area contributed by atoms with Gasteiger partial charge in [0.2, 0.25) is 0 Å². The van der Waals surface area contributed by atoms with Crippen molar-refractivity contribution in [3.05, 3.63) is 35.0 Å². The molecule has 3 heteroatoms. The number of Topliss-reactive ketones (excluding diaryl/α,β-unsaturated/α-hetero) is 1. The summed E-state index contributed by atoms with van der Waals surface area (Å²) < 4.78 is 0. The first kappa shape index (κ1) is 10.2. The van der Waals surface area contributed by atoms with Crippen molar-refractivity contribution >= 4 is 28.3 Å². The highest BCUT2D eigenvalue weighted by atomic mass is 35.5. The maximum atomic E-state index is 11.8. The molecule has 15 heavy (non-hydrogen) atoms. The molecule has 1 N–H and O–H groups in total. The highest BCUT2D eigenvalue weighted by Gasteiger charge is 2.10. The fraction of sp³-hybridized carbons (Fsp3) is 0.250. The van der Waals surface area contributed by atoms with Gasteiger partial charge in [0.15, 0.2) is 5.78 Å². The van der Waals surface area contributed by atoms with Crippen LogP contribution in [0.15, 0.2) is 24.4 Å². The van der Waals surface area contributed by atoms with Gasteiger partial charge in [-0.05, 0) is 18.6 Å². The summed E-state index contributed by atoms with van der Waals surface area (Å²) in [5.41, 5.74) is 1.69. The number of rotatable bonds is 3. The maximum Gasteiger partial charge on any atom is 0.165 e. The van der Waals surface area contributed by atoms with Crippen LogP contribution in [0.2, 0.25) is 5.02 Å². The number of carbonyl (C=O) groups is 1. The average molecular weight is 222 g/mol. The molecule has 0 amide bonds. The summed E-state index contributed by atoms with van der Waals surface area (Å²) in [6.45, 7) is 2.00. The van der Waals surface area contributed by atoms with E-state index in [9.17, 15) is 4.79 Å². The van der Waals surface area contributed by atoms with E-state index in [1.165, 1.54) is 0 Å². The Morgan fingerprint density at radius 1 is 1.47 bits per heavy atom. The first-order valence-electron chi connectivity index (χ1n) is 5.02. The lowest BCUT2D eigenvalue weighted by Crippen LogP contribution is -1.96. The monoisotopic (exact) mass is 221 g/mol. The van der Waals surface area contributed by atoms with E-state index in [-0.39, 0.29) is 5.78 Å². The van der Waals surface area contributed by atoms with Gasteiger partial charge >= 0.3 is 0 Å². The quantitative estimate of drug-likeness (QED) is 0.786. The number of aromatic amines is 1. The van der Waals surface area contributed by atoms with Gasteiger partial charge in [-0.2, -0.15) is 0 Å². The number of benzene rings is 1. The van der Waals surface area contributed by atoms with E-state index in [4.69, 9.17) is 11.6 Å². The molecule has 0 aliphatic carbocycles. The number of hydrogen-bond acceptors (Lipinski definition) is 1. The second kappa shape index (κ2) is 4.07. The molecular weight excluding hydrogens is 210 g/mol. The average Bonchev–Trinajstić information content (AvgIpc) is 2.60. The first-order chi connectivity index (χ1) is 7.22. The second-order valence-corrected chi connectivity index (χ2v) is 4.00. The number of nitrogens with one attached hydrogen (secondary N) is 1. The van der Waals surface area contributed by atoms with Crippen molar-refractivity contribution in [1.82, 2.24) is 4.98 Å². The van der Waals surface area contributed by atoms with Crippen LogP contribution in [0.4, 0.5) is 0 Å². The molecule has 0 bridgehead atoms. The molecule has 2 aromatic rings. The summed E-state index contributed by atoms with van der Waals surface area (Å²) in [6, 6.07) is 5.52. The fourth-order valence-corrected chi connectivity index (χ4v) is 1.86. The van der Waals surface area contributed by atoms with E-state index >= 15 is 0 Å². The zero-order valence-corrected chi connectivity index (χ0v) is 9.27. The number of carbonyl (C=O) groups excluding carboxylic acids is 1. The lowest BCUT2D eigenvalue weighted by molar-refractivity contribution is 0.0983. The zero-order valence-electron chi connectivity index (χ0n) is 8.51. The molecule has 2 rings (SSSR count). The van der Waals surface area contributed by atoms with Crippen LogP contribution in [0.1, 0.15) is 30.1 Å². The Balaban J connectivity index is 2.49. The predicted octanol–water partition coefficient (Wildman–Crippen LogP) is 3.80. The van der Waals surface area contributed by atoms with E-state index in [0.717, 1.165) is 22.9 Å².